The number of imidazole rings is 1. The molecule has 0 amide bonds. The molecule has 5 nitrogen and oxygen atoms in total. The first kappa shape index (κ1) is 11.7. The average molecular weight is 210 g/mol. The minimum absolute atomic E-state index is 0.386. The smallest absolute Gasteiger partial charge is 0.136 e. The summed E-state index contributed by atoms with van der Waals surface area (Å²) < 4.78 is 2.01. The Morgan fingerprint density at radius 1 is 1.67 bits per heavy atom. The fourth-order valence-electron chi connectivity index (χ4n) is 1.58. The van der Waals surface area contributed by atoms with Gasteiger partial charge in [0.25, 0.3) is 0 Å². The molecule has 1 heterocycles. The van der Waals surface area contributed by atoms with Crippen LogP contribution in [0.1, 0.15) is 12.1 Å². The Morgan fingerprint density at radius 3 is 2.87 bits per heavy atom. The molecular formula is C10H18N4O. The van der Waals surface area contributed by atoms with Gasteiger partial charge in [0.1, 0.15) is 12.1 Å². The summed E-state index contributed by atoms with van der Waals surface area (Å²) in [6.07, 6.45) is 3.20. The van der Waals surface area contributed by atoms with E-state index in [1.54, 1.807) is 6.33 Å². The molecule has 0 bridgehead atoms. The van der Waals surface area contributed by atoms with Crippen LogP contribution in [-0.4, -0.2) is 36.0 Å². The van der Waals surface area contributed by atoms with Gasteiger partial charge in [-0.3, -0.25) is 0 Å². The summed E-state index contributed by atoms with van der Waals surface area (Å²) in [6.45, 7) is 2.68. The monoisotopic (exact) mass is 210 g/mol. The minimum atomic E-state index is -0.386. The maximum absolute atomic E-state index is 10.4. The van der Waals surface area contributed by atoms with Crippen LogP contribution in [-0.2, 0) is 11.3 Å². The first-order valence-electron chi connectivity index (χ1n) is 4.96. The molecule has 0 aliphatic carbocycles. The molecule has 1 aromatic rings. The number of nitrogens with zero attached hydrogens (tertiary/aromatic N) is 3. The highest BCUT2D eigenvalue weighted by atomic mass is 16.1. The van der Waals surface area contributed by atoms with Crippen molar-refractivity contribution < 1.29 is 4.79 Å². The van der Waals surface area contributed by atoms with Crippen LogP contribution < -0.4 is 10.6 Å². The molecule has 0 aliphatic heterocycles. The molecule has 1 unspecified atom stereocenters. The summed E-state index contributed by atoms with van der Waals surface area (Å²) in [4.78, 5) is 16.6. The molecule has 1 rings (SSSR count). The van der Waals surface area contributed by atoms with E-state index in [1.807, 2.05) is 30.5 Å². The highest BCUT2D eigenvalue weighted by molar-refractivity contribution is 5.56. The first-order valence-corrected chi connectivity index (χ1v) is 4.96. The molecule has 5 heteroatoms. The van der Waals surface area contributed by atoms with Crippen molar-refractivity contribution in [1.29, 1.82) is 0 Å². The summed E-state index contributed by atoms with van der Waals surface area (Å²) >= 11 is 0. The first-order chi connectivity index (χ1) is 7.06. The van der Waals surface area contributed by atoms with E-state index < -0.39 is 0 Å². The Balaban J connectivity index is 2.72. The number of hydrogen-bond donors (Lipinski definition) is 1. The average Bonchev–Trinajstić information content (AvgIpc) is 2.56. The number of rotatable bonds is 5. The highest BCUT2D eigenvalue weighted by Gasteiger charge is 2.09. The predicted molar refractivity (Wildman–Crippen MR) is 59.9 cm³/mol. The number of aromatic nitrogens is 2. The van der Waals surface area contributed by atoms with Gasteiger partial charge in [0.15, 0.2) is 0 Å². The van der Waals surface area contributed by atoms with E-state index in [2.05, 4.69) is 4.98 Å². The second kappa shape index (κ2) is 4.93. The van der Waals surface area contributed by atoms with Crippen LogP contribution in [0.2, 0.25) is 0 Å². The SMILES string of the molecule is Cc1ncn(CCC(N)C=O)c1N(C)C. The Morgan fingerprint density at radius 2 is 2.33 bits per heavy atom. The lowest BCUT2D eigenvalue weighted by Gasteiger charge is -2.16. The van der Waals surface area contributed by atoms with Crippen molar-refractivity contribution in [2.75, 3.05) is 19.0 Å². The van der Waals surface area contributed by atoms with Crippen LogP contribution in [0.25, 0.3) is 0 Å². The fourth-order valence-corrected chi connectivity index (χ4v) is 1.58. The van der Waals surface area contributed by atoms with Crippen LogP contribution in [0, 0.1) is 6.92 Å². The summed E-state index contributed by atoms with van der Waals surface area (Å²) in [6, 6.07) is -0.386. The Bertz CT molecular complexity index is 332. The van der Waals surface area contributed by atoms with Gasteiger partial charge in [-0.15, -0.1) is 0 Å². The minimum Gasteiger partial charge on any atom is -0.363 e. The number of anilines is 1. The van der Waals surface area contributed by atoms with Crippen LogP contribution in [0.5, 0.6) is 0 Å². The van der Waals surface area contributed by atoms with Gasteiger partial charge in [-0.1, -0.05) is 0 Å². The van der Waals surface area contributed by atoms with E-state index in [0.29, 0.717) is 13.0 Å². The summed E-state index contributed by atoms with van der Waals surface area (Å²) in [5.41, 5.74) is 6.52. The zero-order valence-corrected chi connectivity index (χ0v) is 9.47. The molecule has 0 fully saturated rings. The quantitative estimate of drug-likeness (QED) is 0.704. The summed E-state index contributed by atoms with van der Waals surface area (Å²) in [7, 11) is 3.94. The Hall–Kier alpha value is -1.36. The molecule has 2 N–H and O–H groups in total. The van der Waals surface area contributed by atoms with Crippen molar-refractivity contribution in [1.82, 2.24) is 9.55 Å². The molecule has 15 heavy (non-hydrogen) atoms. The second-order valence-corrected chi connectivity index (χ2v) is 3.83. The molecule has 1 atom stereocenters. The summed E-state index contributed by atoms with van der Waals surface area (Å²) in [5, 5.41) is 0. The molecule has 0 aliphatic rings. The topological polar surface area (TPSA) is 64.2 Å². The van der Waals surface area contributed by atoms with Crippen molar-refractivity contribution in [3.8, 4) is 0 Å². The highest BCUT2D eigenvalue weighted by Crippen LogP contribution is 2.16. The molecule has 0 spiro atoms. The van der Waals surface area contributed by atoms with Gasteiger partial charge >= 0.3 is 0 Å². The lowest BCUT2D eigenvalue weighted by atomic mass is 10.2. The van der Waals surface area contributed by atoms with Crippen LogP contribution >= 0.6 is 0 Å². The van der Waals surface area contributed by atoms with Crippen molar-refractivity contribution >= 4 is 12.1 Å². The summed E-state index contributed by atoms with van der Waals surface area (Å²) in [5.74, 6) is 1.06. The normalized spacial score (nSPS) is 12.5. The molecular weight excluding hydrogens is 192 g/mol. The van der Waals surface area contributed by atoms with E-state index in [9.17, 15) is 4.79 Å². The van der Waals surface area contributed by atoms with Gasteiger partial charge in [0.05, 0.1) is 18.1 Å². The lowest BCUT2D eigenvalue weighted by Crippen LogP contribution is -2.24. The van der Waals surface area contributed by atoms with Gasteiger partial charge in [0, 0.05) is 20.6 Å². The molecule has 84 valence electrons. The van der Waals surface area contributed by atoms with Crippen molar-refractivity contribution in [2.45, 2.75) is 25.9 Å². The van der Waals surface area contributed by atoms with E-state index >= 15 is 0 Å². The van der Waals surface area contributed by atoms with Crippen molar-refractivity contribution in [2.24, 2.45) is 5.73 Å². The molecule has 0 radical (unpaired) electrons. The van der Waals surface area contributed by atoms with Crippen LogP contribution in [0.4, 0.5) is 5.82 Å². The maximum Gasteiger partial charge on any atom is 0.136 e. The van der Waals surface area contributed by atoms with Crippen molar-refractivity contribution in [3.63, 3.8) is 0 Å². The third-order valence-electron chi connectivity index (χ3n) is 2.29. The Labute approximate surface area is 89.9 Å². The Kier molecular flexibility index (Phi) is 3.85. The number of nitrogens with two attached hydrogens (primary N) is 1. The molecule has 0 saturated carbocycles. The zero-order chi connectivity index (χ0) is 11.4. The second-order valence-electron chi connectivity index (χ2n) is 3.83. The molecule has 1 aromatic heterocycles. The van der Waals surface area contributed by atoms with E-state index in [4.69, 9.17) is 5.73 Å². The lowest BCUT2D eigenvalue weighted by molar-refractivity contribution is -0.109. The maximum atomic E-state index is 10.4. The number of aldehydes is 1. The van der Waals surface area contributed by atoms with E-state index in [-0.39, 0.29) is 6.04 Å². The predicted octanol–water partition coefficient (Wildman–Crippen LogP) is 0.174. The van der Waals surface area contributed by atoms with Crippen LogP contribution in [0.15, 0.2) is 6.33 Å². The standard InChI is InChI=1S/C10H18N4O/c1-8-10(13(2)3)14(7-12-8)5-4-9(11)6-15/h6-7,9H,4-5,11H2,1-3H3. The van der Waals surface area contributed by atoms with Gasteiger partial charge in [-0.05, 0) is 13.3 Å². The van der Waals surface area contributed by atoms with Crippen LogP contribution in [0.3, 0.4) is 0 Å². The van der Waals surface area contributed by atoms with E-state index in [1.165, 1.54) is 0 Å². The fraction of sp³-hybridized carbons (Fsp3) is 0.600. The molecule has 0 aromatic carbocycles. The van der Waals surface area contributed by atoms with Gasteiger partial charge in [-0.25, -0.2) is 4.98 Å². The number of aryl methyl sites for hydroxylation is 2. The largest absolute Gasteiger partial charge is 0.363 e. The van der Waals surface area contributed by atoms with Gasteiger partial charge in [-0.2, -0.15) is 0 Å². The molecule has 0 saturated heterocycles. The number of carbonyl (C=O) groups is 1. The number of carbonyl (C=O) groups excluding carboxylic acids is 1. The third kappa shape index (κ3) is 2.79. The van der Waals surface area contributed by atoms with Gasteiger partial charge in [0.2, 0.25) is 0 Å². The number of hydrogen-bond acceptors (Lipinski definition) is 4. The van der Waals surface area contributed by atoms with Crippen molar-refractivity contribution in [3.05, 3.63) is 12.0 Å². The third-order valence-corrected chi connectivity index (χ3v) is 2.29. The van der Waals surface area contributed by atoms with E-state index in [0.717, 1.165) is 17.8 Å². The van der Waals surface area contributed by atoms with Gasteiger partial charge < -0.3 is 20.0 Å². The zero-order valence-electron chi connectivity index (χ0n) is 9.47.